The molecule has 0 bridgehead atoms. The minimum atomic E-state index is -4.51. The first kappa shape index (κ1) is 22.7. The lowest BCUT2D eigenvalue weighted by Crippen LogP contribution is -2.36. The van der Waals surface area contributed by atoms with Gasteiger partial charge in [0.1, 0.15) is 11.4 Å². The number of nitrogens with zero attached hydrogens (tertiary/aromatic N) is 4. The van der Waals surface area contributed by atoms with E-state index in [9.17, 15) is 18.0 Å². The molecule has 1 amide bonds. The standard InChI is InChI=1S/C25H23F3N6O/c1-16-7-5-6-10-18(16)14-33-15-19(12-29-33)31-24(35)20-13-30-34-22(25(26,27)28)11-21(32-23(20)34)17-8-3-2-4-9-17/h2-10,12-13,15,21-22,32H,11,14H2,1H3,(H,31,35)/t21-,22+/m1/s1. The largest absolute Gasteiger partial charge is 0.410 e. The molecule has 0 spiro atoms. The van der Waals surface area contributed by atoms with Crippen LogP contribution in [0.1, 0.15) is 45.6 Å². The van der Waals surface area contributed by atoms with Gasteiger partial charge in [0.15, 0.2) is 6.04 Å². The molecule has 0 fully saturated rings. The Bertz CT molecular complexity index is 1340. The van der Waals surface area contributed by atoms with Crippen LogP contribution in [0.3, 0.4) is 0 Å². The molecule has 35 heavy (non-hydrogen) atoms. The molecule has 2 atom stereocenters. The number of aryl methyl sites for hydroxylation is 1. The van der Waals surface area contributed by atoms with Gasteiger partial charge in [-0.3, -0.25) is 9.48 Å². The maximum absolute atomic E-state index is 13.9. The summed E-state index contributed by atoms with van der Waals surface area (Å²) in [5, 5.41) is 14.0. The molecule has 0 aliphatic carbocycles. The van der Waals surface area contributed by atoms with Gasteiger partial charge in [-0.1, -0.05) is 54.6 Å². The van der Waals surface area contributed by atoms with Crippen molar-refractivity contribution >= 4 is 17.4 Å². The van der Waals surface area contributed by atoms with E-state index in [1.165, 1.54) is 12.4 Å². The fraction of sp³-hybridized carbons (Fsp3) is 0.240. The Kier molecular flexibility index (Phi) is 5.80. The molecule has 0 unspecified atom stereocenters. The number of hydrogen-bond acceptors (Lipinski definition) is 4. The molecule has 2 aromatic heterocycles. The van der Waals surface area contributed by atoms with E-state index >= 15 is 0 Å². The van der Waals surface area contributed by atoms with Crippen LogP contribution in [-0.4, -0.2) is 31.6 Å². The lowest BCUT2D eigenvalue weighted by molar-refractivity contribution is -0.173. The van der Waals surface area contributed by atoms with E-state index in [4.69, 9.17) is 0 Å². The van der Waals surface area contributed by atoms with E-state index in [0.717, 1.165) is 15.8 Å². The van der Waals surface area contributed by atoms with Crippen molar-refractivity contribution in [1.29, 1.82) is 0 Å². The van der Waals surface area contributed by atoms with E-state index < -0.39 is 24.2 Å². The molecule has 2 aromatic carbocycles. The zero-order chi connectivity index (χ0) is 24.6. The van der Waals surface area contributed by atoms with Crippen molar-refractivity contribution in [3.8, 4) is 0 Å². The lowest BCUT2D eigenvalue weighted by atomic mass is 9.96. The molecule has 180 valence electrons. The number of carbonyl (C=O) groups excluding carboxylic acids is 1. The Labute approximate surface area is 199 Å². The molecule has 0 radical (unpaired) electrons. The van der Waals surface area contributed by atoms with Crippen LogP contribution in [0, 0.1) is 6.92 Å². The molecule has 2 N–H and O–H groups in total. The quantitative estimate of drug-likeness (QED) is 0.404. The Morgan fingerprint density at radius 3 is 2.57 bits per heavy atom. The molecule has 1 aliphatic heterocycles. The predicted molar refractivity (Wildman–Crippen MR) is 125 cm³/mol. The van der Waals surface area contributed by atoms with Crippen molar-refractivity contribution in [2.75, 3.05) is 10.6 Å². The van der Waals surface area contributed by atoms with E-state index in [-0.39, 0.29) is 17.8 Å². The molecule has 0 saturated heterocycles. The van der Waals surface area contributed by atoms with E-state index in [2.05, 4.69) is 20.8 Å². The zero-order valence-electron chi connectivity index (χ0n) is 18.8. The molecule has 10 heteroatoms. The number of halogens is 3. The molecular weight excluding hydrogens is 457 g/mol. The maximum atomic E-state index is 13.9. The topological polar surface area (TPSA) is 76.8 Å². The molecular formula is C25H23F3N6O. The molecule has 3 heterocycles. The maximum Gasteiger partial charge on any atom is 0.410 e. The summed E-state index contributed by atoms with van der Waals surface area (Å²) in [5.41, 5.74) is 3.39. The SMILES string of the molecule is Cc1ccccc1Cn1cc(NC(=O)c2cnn3c2N[C@@H](c2ccccc2)C[C@H]3C(F)(F)F)cn1. The highest BCUT2D eigenvalue weighted by Gasteiger charge is 2.47. The number of aromatic nitrogens is 4. The normalized spacial score (nSPS) is 17.5. The highest BCUT2D eigenvalue weighted by molar-refractivity contribution is 6.07. The number of benzene rings is 2. The van der Waals surface area contributed by atoms with Gasteiger partial charge >= 0.3 is 6.18 Å². The van der Waals surface area contributed by atoms with E-state index in [1.807, 2.05) is 31.2 Å². The molecule has 5 rings (SSSR count). The second kappa shape index (κ2) is 8.94. The van der Waals surface area contributed by atoms with Crippen LogP contribution in [0.2, 0.25) is 0 Å². The van der Waals surface area contributed by atoms with Crippen LogP contribution in [0.4, 0.5) is 24.7 Å². The van der Waals surface area contributed by atoms with Gasteiger partial charge in [0.25, 0.3) is 5.91 Å². The predicted octanol–water partition coefficient (Wildman–Crippen LogP) is 5.35. The Morgan fingerprint density at radius 1 is 1.09 bits per heavy atom. The summed E-state index contributed by atoms with van der Waals surface area (Å²) < 4.78 is 44.2. The average Bonchev–Trinajstić information content (AvgIpc) is 3.46. The number of rotatable bonds is 5. The van der Waals surface area contributed by atoms with Gasteiger partial charge in [-0.15, -0.1) is 0 Å². The minimum Gasteiger partial charge on any atom is -0.363 e. The minimum absolute atomic E-state index is 0.0338. The van der Waals surface area contributed by atoms with Gasteiger partial charge in [-0.2, -0.15) is 23.4 Å². The second-order valence-electron chi connectivity index (χ2n) is 8.56. The van der Waals surface area contributed by atoms with Crippen molar-refractivity contribution in [3.63, 3.8) is 0 Å². The van der Waals surface area contributed by atoms with Gasteiger partial charge in [-0.05, 0) is 23.6 Å². The number of nitrogens with one attached hydrogen (secondary N) is 2. The van der Waals surface area contributed by atoms with Crippen LogP contribution >= 0.6 is 0 Å². The highest BCUT2D eigenvalue weighted by Crippen LogP contribution is 2.44. The van der Waals surface area contributed by atoms with Crippen LogP contribution in [-0.2, 0) is 6.54 Å². The highest BCUT2D eigenvalue weighted by atomic mass is 19.4. The van der Waals surface area contributed by atoms with Gasteiger partial charge in [0.05, 0.1) is 30.7 Å². The number of anilines is 2. The molecule has 1 aliphatic rings. The number of hydrogen-bond donors (Lipinski definition) is 2. The lowest BCUT2D eigenvalue weighted by Gasteiger charge is -2.34. The smallest absolute Gasteiger partial charge is 0.363 e. The summed E-state index contributed by atoms with van der Waals surface area (Å²) in [6.07, 6.45) is -0.388. The first-order valence-electron chi connectivity index (χ1n) is 11.1. The van der Waals surface area contributed by atoms with Crippen molar-refractivity contribution in [3.05, 3.63) is 95.4 Å². The van der Waals surface area contributed by atoms with Crippen molar-refractivity contribution in [1.82, 2.24) is 19.6 Å². The van der Waals surface area contributed by atoms with Gasteiger partial charge < -0.3 is 10.6 Å². The van der Waals surface area contributed by atoms with Gasteiger partial charge in [0.2, 0.25) is 0 Å². The zero-order valence-corrected chi connectivity index (χ0v) is 18.8. The molecule has 4 aromatic rings. The summed E-state index contributed by atoms with van der Waals surface area (Å²) >= 11 is 0. The van der Waals surface area contributed by atoms with E-state index in [0.29, 0.717) is 17.8 Å². The third-order valence-corrected chi connectivity index (χ3v) is 6.17. The van der Waals surface area contributed by atoms with Crippen LogP contribution in [0.5, 0.6) is 0 Å². The third kappa shape index (κ3) is 4.64. The summed E-state index contributed by atoms with van der Waals surface area (Å²) in [7, 11) is 0. The molecule has 0 saturated carbocycles. The Balaban J connectivity index is 1.38. The summed E-state index contributed by atoms with van der Waals surface area (Å²) in [5.74, 6) is -0.527. The van der Waals surface area contributed by atoms with Crippen molar-refractivity contribution in [2.45, 2.75) is 38.1 Å². The average molecular weight is 480 g/mol. The van der Waals surface area contributed by atoms with Crippen molar-refractivity contribution < 1.29 is 18.0 Å². The van der Waals surface area contributed by atoms with Crippen molar-refractivity contribution in [2.24, 2.45) is 0 Å². The summed E-state index contributed by atoms with van der Waals surface area (Å²) in [4.78, 5) is 13.0. The Morgan fingerprint density at radius 2 is 1.83 bits per heavy atom. The summed E-state index contributed by atoms with van der Waals surface area (Å²) in [6.45, 7) is 2.54. The van der Waals surface area contributed by atoms with E-state index in [1.54, 1.807) is 41.2 Å². The fourth-order valence-corrected chi connectivity index (χ4v) is 4.31. The van der Waals surface area contributed by atoms with Gasteiger partial charge in [-0.25, -0.2) is 4.68 Å². The first-order chi connectivity index (χ1) is 16.8. The number of amides is 1. The first-order valence-corrected chi connectivity index (χ1v) is 11.1. The summed E-state index contributed by atoms with van der Waals surface area (Å²) in [6, 6.07) is 14.3. The number of carbonyl (C=O) groups is 1. The Hall–Kier alpha value is -4.08. The number of fused-ring (bicyclic) bond motifs is 1. The van der Waals surface area contributed by atoms with Crippen LogP contribution in [0.15, 0.2) is 73.2 Å². The number of alkyl halides is 3. The van der Waals surface area contributed by atoms with Crippen LogP contribution < -0.4 is 10.6 Å². The fourth-order valence-electron chi connectivity index (χ4n) is 4.31. The second-order valence-corrected chi connectivity index (χ2v) is 8.56. The van der Waals surface area contributed by atoms with Crippen LogP contribution in [0.25, 0.3) is 0 Å². The third-order valence-electron chi connectivity index (χ3n) is 6.17. The monoisotopic (exact) mass is 480 g/mol. The molecule has 7 nitrogen and oxygen atoms in total. The van der Waals surface area contributed by atoms with Gasteiger partial charge in [0, 0.05) is 12.6 Å².